The summed E-state index contributed by atoms with van der Waals surface area (Å²) in [4.78, 5) is 3.79. The number of aryl methyl sites for hydroxylation is 1. The summed E-state index contributed by atoms with van der Waals surface area (Å²) >= 11 is 0. The molecule has 0 fully saturated rings. The Bertz CT molecular complexity index is 615. The van der Waals surface area contributed by atoms with E-state index in [0.717, 1.165) is 36.1 Å². The third kappa shape index (κ3) is 2.80. The standard InChI is InChI=1S/C16H16FNO2/c17-13-6-11(8-18-9-13)10-20-14-4-5-15-12(7-14)2-1-3-16(15)19/h4-9,16,19H,1-3,10H2. The van der Waals surface area contributed by atoms with Crippen molar-refractivity contribution < 1.29 is 14.2 Å². The number of aromatic nitrogens is 1. The second-order valence-corrected chi connectivity index (χ2v) is 5.07. The molecule has 0 amide bonds. The summed E-state index contributed by atoms with van der Waals surface area (Å²) in [5.74, 6) is 0.377. The lowest BCUT2D eigenvalue weighted by molar-refractivity contribution is 0.156. The zero-order valence-electron chi connectivity index (χ0n) is 11.1. The van der Waals surface area contributed by atoms with Crippen LogP contribution in [0.5, 0.6) is 5.75 Å². The van der Waals surface area contributed by atoms with Gasteiger partial charge in [0.2, 0.25) is 0 Å². The summed E-state index contributed by atoms with van der Waals surface area (Å²) in [6, 6.07) is 7.14. The molecule has 1 aliphatic carbocycles. The monoisotopic (exact) mass is 273 g/mol. The van der Waals surface area contributed by atoms with Gasteiger partial charge in [-0.2, -0.15) is 0 Å². The number of ether oxygens (including phenoxy) is 1. The van der Waals surface area contributed by atoms with Crippen LogP contribution in [-0.2, 0) is 13.0 Å². The summed E-state index contributed by atoms with van der Waals surface area (Å²) < 4.78 is 18.7. The van der Waals surface area contributed by atoms with Crippen LogP contribution in [-0.4, -0.2) is 10.1 Å². The van der Waals surface area contributed by atoms with E-state index in [0.29, 0.717) is 5.56 Å². The molecule has 3 nitrogen and oxygen atoms in total. The largest absolute Gasteiger partial charge is 0.489 e. The molecule has 1 aromatic carbocycles. The maximum absolute atomic E-state index is 13.0. The van der Waals surface area contributed by atoms with Gasteiger partial charge >= 0.3 is 0 Å². The maximum Gasteiger partial charge on any atom is 0.141 e. The number of nitrogens with zero attached hydrogens (tertiary/aromatic N) is 1. The smallest absolute Gasteiger partial charge is 0.141 e. The fraction of sp³-hybridized carbons (Fsp3) is 0.312. The number of hydrogen-bond donors (Lipinski definition) is 1. The second kappa shape index (κ2) is 5.59. The fourth-order valence-electron chi connectivity index (χ4n) is 2.56. The van der Waals surface area contributed by atoms with Crippen LogP contribution in [0.3, 0.4) is 0 Å². The van der Waals surface area contributed by atoms with Crippen molar-refractivity contribution in [2.45, 2.75) is 32.0 Å². The van der Waals surface area contributed by atoms with Gasteiger partial charge in [0.15, 0.2) is 0 Å². The molecule has 1 aliphatic rings. The summed E-state index contributed by atoms with van der Waals surface area (Å²) in [7, 11) is 0. The summed E-state index contributed by atoms with van der Waals surface area (Å²) in [6.45, 7) is 0.284. The highest BCUT2D eigenvalue weighted by Gasteiger charge is 2.18. The fourth-order valence-corrected chi connectivity index (χ4v) is 2.56. The van der Waals surface area contributed by atoms with E-state index in [2.05, 4.69) is 4.98 Å². The first-order valence-corrected chi connectivity index (χ1v) is 6.75. The van der Waals surface area contributed by atoms with Crippen molar-refractivity contribution in [1.29, 1.82) is 0 Å². The first-order valence-electron chi connectivity index (χ1n) is 6.75. The lowest BCUT2D eigenvalue weighted by Crippen LogP contribution is -2.09. The molecule has 104 valence electrons. The zero-order chi connectivity index (χ0) is 13.9. The molecule has 1 atom stereocenters. The van der Waals surface area contributed by atoms with Gasteiger partial charge in [-0.15, -0.1) is 0 Å². The van der Waals surface area contributed by atoms with Crippen molar-refractivity contribution in [2.75, 3.05) is 0 Å². The number of aliphatic hydroxyl groups excluding tert-OH is 1. The maximum atomic E-state index is 13.0. The molecule has 0 bridgehead atoms. The lowest BCUT2D eigenvalue weighted by atomic mass is 9.89. The van der Waals surface area contributed by atoms with Crippen LogP contribution >= 0.6 is 0 Å². The molecule has 20 heavy (non-hydrogen) atoms. The third-order valence-corrected chi connectivity index (χ3v) is 3.56. The normalized spacial score (nSPS) is 17.6. The van der Waals surface area contributed by atoms with E-state index in [1.165, 1.54) is 12.3 Å². The Balaban J connectivity index is 1.72. The molecule has 0 aliphatic heterocycles. The van der Waals surface area contributed by atoms with E-state index in [-0.39, 0.29) is 18.5 Å². The minimum absolute atomic E-state index is 0.284. The van der Waals surface area contributed by atoms with Gasteiger partial charge in [0.25, 0.3) is 0 Å². The molecule has 1 unspecified atom stereocenters. The first-order chi connectivity index (χ1) is 9.72. The molecule has 0 radical (unpaired) electrons. The van der Waals surface area contributed by atoms with Crippen molar-refractivity contribution >= 4 is 0 Å². The number of benzene rings is 1. The highest BCUT2D eigenvalue weighted by atomic mass is 19.1. The number of hydrogen-bond acceptors (Lipinski definition) is 3. The second-order valence-electron chi connectivity index (χ2n) is 5.07. The molecule has 1 aromatic heterocycles. The summed E-state index contributed by atoms with van der Waals surface area (Å²) in [5.41, 5.74) is 2.83. The van der Waals surface area contributed by atoms with Gasteiger partial charge in [0.1, 0.15) is 18.2 Å². The van der Waals surface area contributed by atoms with Gasteiger partial charge in [0, 0.05) is 11.8 Å². The van der Waals surface area contributed by atoms with E-state index < -0.39 is 0 Å². The molecule has 4 heteroatoms. The van der Waals surface area contributed by atoms with Crippen molar-refractivity contribution in [3.63, 3.8) is 0 Å². The van der Waals surface area contributed by atoms with Gasteiger partial charge < -0.3 is 9.84 Å². The Hall–Kier alpha value is -1.94. The number of pyridine rings is 1. The average Bonchev–Trinajstić information content (AvgIpc) is 2.45. The molecular weight excluding hydrogens is 257 g/mol. The van der Waals surface area contributed by atoms with Gasteiger partial charge in [-0.3, -0.25) is 4.98 Å². The van der Waals surface area contributed by atoms with Crippen LogP contribution in [0.15, 0.2) is 36.7 Å². The van der Waals surface area contributed by atoms with Crippen LogP contribution < -0.4 is 4.74 Å². The van der Waals surface area contributed by atoms with E-state index in [4.69, 9.17) is 4.74 Å². The minimum Gasteiger partial charge on any atom is -0.489 e. The van der Waals surface area contributed by atoms with Gasteiger partial charge in [-0.25, -0.2) is 4.39 Å². The minimum atomic E-state index is -0.361. The number of aliphatic hydroxyl groups is 1. The molecule has 3 rings (SSSR count). The Labute approximate surface area is 117 Å². The van der Waals surface area contributed by atoms with Crippen LogP contribution in [0, 0.1) is 5.82 Å². The van der Waals surface area contributed by atoms with E-state index >= 15 is 0 Å². The predicted molar refractivity (Wildman–Crippen MR) is 72.9 cm³/mol. The van der Waals surface area contributed by atoms with Crippen LogP contribution in [0.25, 0.3) is 0 Å². The summed E-state index contributed by atoms with van der Waals surface area (Å²) in [5, 5.41) is 9.90. The summed E-state index contributed by atoms with van der Waals surface area (Å²) in [6.07, 6.45) is 5.17. The zero-order valence-corrected chi connectivity index (χ0v) is 11.1. The topological polar surface area (TPSA) is 42.4 Å². The van der Waals surface area contributed by atoms with Crippen molar-refractivity contribution in [3.05, 3.63) is 59.2 Å². The van der Waals surface area contributed by atoms with Crippen molar-refractivity contribution in [2.24, 2.45) is 0 Å². The number of rotatable bonds is 3. The Morgan fingerprint density at radius 2 is 2.20 bits per heavy atom. The Kier molecular flexibility index (Phi) is 3.65. The first kappa shape index (κ1) is 13.1. The Morgan fingerprint density at radius 1 is 1.30 bits per heavy atom. The molecule has 0 saturated carbocycles. The SMILES string of the molecule is OC1CCCc2cc(OCc3cncc(F)c3)ccc21. The van der Waals surface area contributed by atoms with E-state index in [1.807, 2.05) is 18.2 Å². The van der Waals surface area contributed by atoms with Crippen LogP contribution in [0.4, 0.5) is 4.39 Å². The highest BCUT2D eigenvalue weighted by molar-refractivity contribution is 5.38. The lowest BCUT2D eigenvalue weighted by Gasteiger charge is -2.21. The Morgan fingerprint density at radius 3 is 3.05 bits per heavy atom. The predicted octanol–water partition coefficient (Wildman–Crippen LogP) is 3.17. The molecule has 1 N–H and O–H groups in total. The quantitative estimate of drug-likeness (QED) is 0.934. The molecule has 0 saturated heterocycles. The van der Waals surface area contributed by atoms with Gasteiger partial charge in [-0.05, 0) is 48.6 Å². The van der Waals surface area contributed by atoms with Crippen LogP contribution in [0.2, 0.25) is 0 Å². The third-order valence-electron chi connectivity index (χ3n) is 3.56. The van der Waals surface area contributed by atoms with Crippen molar-refractivity contribution in [3.8, 4) is 5.75 Å². The molecule has 0 spiro atoms. The molecule has 2 aromatic rings. The van der Waals surface area contributed by atoms with Crippen LogP contribution in [0.1, 0.15) is 35.6 Å². The average molecular weight is 273 g/mol. The van der Waals surface area contributed by atoms with E-state index in [1.54, 1.807) is 6.20 Å². The van der Waals surface area contributed by atoms with Gasteiger partial charge in [-0.1, -0.05) is 6.07 Å². The number of halogens is 1. The van der Waals surface area contributed by atoms with E-state index in [9.17, 15) is 9.50 Å². The van der Waals surface area contributed by atoms with Gasteiger partial charge in [0.05, 0.1) is 12.3 Å². The molecular formula is C16H16FNO2. The number of fused-ring (bicyclic) bond motifs is 1. The van der Waals surface area contributed by atoms with Crippen molar-refractivity contribution in [1.82, 2.24) is 4.98 Å². The highest BCUT2D eigenvalue weighted by Crippen LogP contribution is 2.32. The molecule has 1 heterocycles.